The van der Waals surface area contributed by atoms with Gasteiger partial charge in [0.25, 0.3) is 0 Å². The molecule has 0 aliphatic carbocycles. The topological polar surface area (TPSA) is 52.6 Å². The number of esters is 2. The highest BCUT2D eigenvalue weighted by Crippen LogP contribution is 1.93. The van der Waals surface area contributed by atoms with Gasteiger partial charge in [-0.3, -0.25) is 9.59 Å². The summed E-state index contributed by atoms with van der Waals surface area (Å²) in [6.07, 6.45) is 3.01. The van der Waals surface area contributed by atoms with Crippen LogP contribution in [0.15, 0.2) is 12.2 Å². The molecule has 0 bridgehead atoms. The lowest BCUT2D eigenvalue weighted by molar-refractivity contribution is -0.143. The van der Waals surface area contributed by atoms with Crippen LogP contribution in [0.2, 0.25) is 0 Å². The minimum Gasteiger partial charge on any atom is -0.462 e. The molecule has 0 aromatic carbocycles. The van der Waals surface area contributed by atoms with Crippen LogP contribution < -0.4 is 0 Å². The zero-order chi connectivity index (χ0) is 10.3. The van der Waals surface area contributed by atoms with Gasteiger partial charge in [-0.25, -0.2) is 0 Å². The molecular formula is C9H14O4. The van der Waals surface area contributed by atoms with Gasteiger partial charge in [-0.2, -0.15) is 0 Å². The number of carbonyl (C=O) groups excluding carboxylic acids is 2. The van der Waals surface area contributed by atoms with E-state index >= 15 is 0 Å². The monoisotopic (exact) mass is 186 g/mol. The normalized spacial score (nSPS) is 12.5. The fourth-order valence-corrected chi connectivity index (χ4v) is 0.714. The van der Waals surface area contributed by atoms with Gasteiger partial charge in [-0.05, 0) is 19.1 Å². The summed E-state index contributed by atoms with van der Waals surface area (Å²) in [4.78, 5) is 20.8. The second-order valence-electron chi connectivity index (χ2n) is 2.55. The first kappa shape index (κ1) is 11.7. The first-order chi connectivity index (χ1) is 6.02. The van der Waals surface area contributed by atoms with Crippen molar-refractivity contribution in [3.63, 3.8) is 0 Å². The number of carbonyl (C=O) groups is 2. The van der Waals surface area contributed by atoms with Crippen molar-refractivity contribution in [3.8, 4) is 0 Å². The van der Waals surface area contributed by atoms with Crippen LogP contribution in [0.4, 0.5) is 0 Å². The standard InChI is InChI=1S/C9H14O4/c1-7(13-9(3)11)5-4-6-12-8(2)10/h4-5,7H,6H2,1-3H3. The molecule has 0 aromatic rings. The van der Waals surface area contributed by atoms with Gasteiger partial charge in [0.1, 0.15) is 12.7 Å². The third-order valence-electron chi connectivity index (χ3n) is 1.14. The highest BCUT2D eigenvalue weighted by Gasteiger charge is 1.98. The van der Waals surface area contributed by atoms with Crippen molar-refractivity contribution in [2.75, 3.05) is 6.61 Å². The maximum absolute atomic E-state index is 10.5. The summed E-state index contributed by atoms with van der Waals surface area (Å²) in [5.74, 6) is -0.658. The lowest BCUT2D eigenvalue weighted by Gasteiger charge is -2.05. The second kappa shape index (κ2) is 6.22. The Bertz CT molecular complexity index is 208. The Hall–Kier alpha value is -1.32. The van der Waals surface area contributed by atoms with E-state index in [0.29, 0.717) is 0 Å². The van der Waals surface area contributed by atoms with Crippen molar-refractivity contribution >= 4 is 11.9 Å². The molecule has 0 radical (unpaired) electrons. The molecule has 4 heteroatoms. The fraction of sp³-hybridized carbons (Fsp3) is 0.556. The highest BCUT2D eigenvalue weighted by molar-refractivity contribution is 5.66. The van der Waals surface area contributed by atoms with Gasteiger partial charge in [0.05, 0.1) is 0 Å². The molecule has 0 rings (SSSR count). The summed E-state index contributed by atoms with van der Waals surface area (Å²) in [5.41, 5.74) is 0. The summed E-state index contributed by atoms with van der Waals surface area (Å²) in [5, 5.41) is 0. The predicted octanol–water partition coefficient (Wildman–Crippen LogP) is 1.06. The average Bonchev–Trinajstić information content (AvgIpc) is 1.96. The number of rotatable bonds is 4. The molecule has 0 aliphatic heterocycles. The van der Waals surface area contributed by atoms with E-state index in [-0.39, 0.29) is 24.6 Å². The molecular weight excluding hydrogens is 172 g/mol. The third kappa shape index (κ3) is 8.59. The van der Waals surface area contributed by atoms with Gasteiger partial charge < -0.3 is 9.47 Å². The van der Waals surface area contributed by atoms with E-state index in [0.717, 1.165) is 0 Å². The summed E-state index contributed by atoms with van der Waals surface area (Å²) >= 11 is 0. The van der Waals surface area contributed by atoms with E-state index in [1.54, 1.807) is 19.1 Å². The molecule has 0 aromatic heterocycles. The Morgan fingerprint density at radius 1 is 1.31 bits per heavy atom. The maximum atomic E-state index is 10.5. The van der Waals surface area contributed by atoms with Crippen LogP contribution in [0.1, 0.15) is 20.8 Å². The van der Waals surface area contributed by atoms with Crippen molar-refractivity contribution in [3.05, 3.63) is 12.2 Å². The minimum atomic E-state index is -0.329. The quantitative estimate of drug-likeness (QED) is 0.486. The van der Waals surface area contributed by atoms with Crippen molar-refractivity contribution in [2.45, 2.75) is 26.9 Å². The van der Waals surface area contributed by atoms with Crippen LogP contribution in [0.5, 0.6) is 0 Å². The van der Waals surface area contributed by atoms with Gasteiger partial charge in [-0.15, -0.1) is 0 Å². The molecule has 0 fully saturated rings. The van der Waals surface area contributed by atoms with Gasteiger partial charge in [0.2, 0.25) is 0 Å². The molecule has 0 N–H and O–H groups in total. The Morgan fingerprint density at radius 2 is 1.92 bits per heavy atom. The van der Waals surface area contributed by atoms with E-state index in [2.05, 4.69) is 4.74 Å². The summed E-state index contributed by atoms with van der Waals surface area (Å²) in [7, 11) is 0. The van der Waals surface area contributed by atoms with Crippen molar-refractivity contribution in [1.82, 2.24) is 0 Å². The van der Waals surface area contributed by atoms with Crippen LogP contribution in [0.25, 0.3) is 0 Å². The van der Waals surface area contributed by atoms with Gasteiger partial charge in [0.15, 0.2) is 0 Å². The van der Waals surface area contributed by atoms with Crippen LogP contribution in [0, 0.1) is 0 Å². The Morgan fingerprint density at radius 3 is 2.38 bits per heavy atom. The molecule has 1 atom stereocenters. The molecule has 74 valence electrons. The molecule has 0 heterocycles. The van der Waals surface area contributed by atoms with E-state index in [4.69, 9.17) is 4.74 Å². The molecule has 0 amide bonds. The predicted molar refractivity (Wildman–Crippen MR) is 47.0 cm³/mol. The zero-order valence-electron chi connectivity index (χ0n) is 8.07. The van der Waals surface area contributed by atoms with E-state index < -0.39 is 0 Å². The number of hydrogen-bond donors (Lipinski definition) is 0. The second-order valence-corrected chi connectivity index (χ2v) is 2.55. The SMILES string of the molecule is CC(=O)OCC=CC(C)OC(C)=O. The molecule has 0 aliphatic rings. The Labute approximate surface area is 77.5 Å². The van der Waals surface area contributed by atoms with Crippen molar-refractivity contribution in [1.29, 1.82) is 0 Å². The Kier molecular flexibility index (Phi) is 5.59. The van der Waals surface area contributed by atoms with Crippen molar-refractivity contribution < 1.29 is 19.1 Å². The smallest absolute Gasteiger partial charge is 0.303 e. The summed E-state index contributed by atoms with van der Waals surface area (Å²) < 4.78 is 9.42. The molecule has 1 unspecified atom stereocenters. The zero-order valence-corrected chi connectivity index (χ0v) is 8.07. The Balaban J connectivity index is 3.59. The van der Waals surface area contributed by atoms with Gasteiger partial charge in [0, 0.05) is 13.8 Å². The van der Waals surface area contributed by atoms with Crippen LogP contribution in [0.3, 0.4) is 0 Å². The molecule has 13 heavy (non-hydrogen) atoms. The molecule has 0 saturated carbocycles. The lowest BCUT2D eigenvalue weighted by atomic mass is 10.3. The first-order valence-electron chi connectivity index (χ1n) is 3.99. The van der Waals surface area contributed by atoms with Gasteiger partial charge >= 0.3 is 11.9 Å². The van der Waals surface area contributed by atoms with E-state index in [1.807, 2.05) is 0 Å². The molecule has 0 saturated heterocycles. The molecule has 0 spiro atoms. The number of hydrogen-bond acceptors (Lipinski definition) is 4. The van der Waals surface area contributed by atoms with Crippen LogP contribution in [-0.2, 0) is 19.1 Å². The summed E-state index contributed by atoms with van der Waals surface area (Å²) in [6.45, 7) is 4.62. The van der Waals surface area contributed by atoms with Gasteiger partial charge in [-0.1, -0.05) is 0 Å². The maximum Gasteiger partial charge on any atom is 0.303 e. The first-order valence-corrected chi connectivity index (χ1v) is 3.99. The largest absolute Gasteiger partial charge is 0.462 e. The fourth-order valence-electron chi connectivity index (χ4n) is 0.714. The third-order valence-corrected chi connectivity index (χ3v) is 1.14. The van der Waals surface area contributed by atoms with Crippen molar-refractivity contribution in [2.24, 2.45) is 0 Å². The highest BCUT2D eigenvalue weighted by atomic mass is 16.5. The summed E-state index contributed by atoms with van der Waals surface area (Å²) in [6, 6.07) is 0. The molecule has 4 nitrogen and oxygen atoms in total. The lowest BCUT2D eigenvalue weighted by Crippen LogP contribution is -2.09. The van der Waals surface area contributed by atoms with E-state index in [9.17, 15) is 9.59 Å². The van der Waals surface area contributed by atoms with Crippen LogP contribution >= 0.6 is 0 Å². The van der Waals surface area contributed by atoms with Crippen LogP contribution in [-0.4, -0.2) is 24.6 Å². The average molecular weight is 186 g/mol. The number of ether oxygens (including phenoxy) is 2. The van der Waals surface area contributed by atoms with E-state index in [1.165, 1.54) is 13.8 Å². The minimum absolute atomic E-state index is 0.209.